The number of carbonyl (C=O) groups is 1. The number of hydrogen-bond donors (Lipinski definition) is 1. The van der Waals surface area contributed by atoms with Crippen molar-refractivity contribution in [2.45, 2.75) is 37.5 Å². The van der Waals surface area contributed by atoms with Crippen LogP contribution in [-0.4, -0.2) is 37.7 Å². The van der Waals surface area contributed by atoms with Crippen LogP contribution in [0.2, 0.25) is 5.02 Å². The van der Waals surface area contributed by atoms with Crippen LogP contribution in [0, 0.1) is 6.92 Å². The molecule has 1 heterocycles. The highest BCUT2D eigenvalue weighted by atomic mass is 35.5. The number of fused-ring (bicyclic) bond motifs is 1. The summed E-state index contributed by atoms with van der Waals surface area (Å²) in [6.07, 6.45) is 2.44. The molecule has 8 nitrogen and oxygen atoms in total. The van der Waals surface area contributed by atoms with Crippen molar-refractivity contribution in [2.75, 3.05) is 18.4 Å². The number of benzene rings is 4. The molecule has 10 heteroatoms. The highest BCUT2D eigenvalue weighted by Gasteiger charge is 2.21. The van der Waals surface area contributed by atoms with E-state index in [4.69, 9.17) is 26.1 Å². The SMILES string of the molecule is COC(=O)CCCCCOc1cc2c(cc1NS(=O)(=O)c1ccc(Cl)cc1)nc(-c1ccccc1)n2-c1ccc(C)cc1. The molecule has 0 aliphatic carbocycles. The molecule has 0 saturated heterocycles. The number of rotatable bonds is 12. The van der Waals surface area contributed by atoms with Crippen LogP contribution >= 0.6 is 11.6 Å². The Morgan fingerprint density at radius 3 is 2.35 bits per heavy atom. The summed E-state index contributed by atoms with van der Waals surface area (Å²) in [7, 11) is -2.59. The van der Waals surface area contributed by atoms with Gasteiger partial charge in [0.1, 0.15) is 11.6 Å². The summed E-state index contributed by atoms with van der Waals surface area (Å²) >= 11 is 5.99. The van der Waals surface area contributed by atoms with E-state index in [-0.39, 0.29) is 16.6 Å². The maximum atomic E-state index is 13.4. The first-order valence-electron chi connectivity index (χ1n) is 13.9. The number of imidazole rings is 1. The molecule has 0 aliphatic rings. The van der Waals surface area contributed by atoms with E-state index in [2.05, 4.69) is 4.72 Å². The Balaban J connectivity index is 1.57. The van der Waals surface area contributed by atoms with Gasteiger partial charge in [0.05, 0.1) is 35.3 Å². The normalized spacial score (nSPS) is 11.4. The second-order valence-corrected chi connectivity index (χ2v) is 12.2. The van der Waals surface area contributed by atoms with Gasteiger partial charge in [-0.15, -0.1) is 0 Å². The predicted molar refractivity (Wildman–Crippen MR) is 169 cm³/mol. The van der Waals surface area contributed by atoms with Gasteiger partial charge < -0.3 is 9.47 Å². The fraction of sp³-hybridized carbons (Fsp3) is 0.212. The molecule has 1 aromatic heterocycles. The van der Waals surface area contributed by atoms with Crippen LogP contribution in [0.5, 0.6) is 5.75 Å². The summed E-state index contributed by atoms with van der Waals surface area (Å²) in [6.45, 7) is 2.36. The maximum absolute atomic E-state index is 13.4. The Morgan fingerprint density at radius 1 is 0.930 bits per heavy atom. The number of ether oxygens (including phenoxy) is 2. The largest absolute Gasteiger partial charge is 0.491 e. The maximum Gasteiger partial charge on any atom is 0.305 e. The van der Waals surface area contributed by atoms with Gasteiger partial charge in [-0.2, -0.15) is 0 Å². The number of nitrogens with one attached hydrogen (secondary N) is 1. The first-order valence-corrected chi connectivity index (χ1v) is 15.8. The van der Waals surface area contributed by atoms with Crippen LogP contribution in [0.25, 0.3) is 28.1 Å². The third-order valence-electron chi connectivity index (χ3n) is 6.96. The predicted octanol–water partition coefficient (Wildman–Crippen LogP) is 7.57. The minimum atomic E-state index is -3.96. The summed E-state index contributed by atoms with van der Waals surface area (Å²) in [4.78, 5) is 16.5. The van der Waals surface area contributed by atoms with E-state index in [1.807, 2.05) is 72.2 Å². The minimum absolute atomic E-state index is 0.0703. The number of esters is 1. The minimum Gasteiger partial charge on any atom is -0.491 e. The lowest BCUT2D eigenvalue weighted by Crippen LogP contribution is -2.14. The molecule has 0 amide bonds. The van der Waals surface area contributed by atoms with Crippen LogP contribution in [-0.2, 0) is 19.6 Å². The number of aromatic nitrogens is 2. The van der Waals surface area contributed by atoms with Gasteiger partial charge in [-0.25, -0.2) is 13.4 Å². The molecular formula is C33H32ClN3O5S. The topological polar surface area (TPSA) is 99.5 Å². The smallest absolute Gasteiger partial charge is 0.305 e. The molecule has 0 radical (unpaired) electrons. The third-order valence-corrected chi connectivity index (χ3v) is 8.59. The van der Waals surface area contributed by atoms with Gasteiger partial charge in [0.15, 0.2) is 0 Å². The Hall–Kier alpha value is -4.34. The van der Waals surface area contributed by atoms with E-state index < -0.39 is 10.0 Å². The Labute approximate surface area is 256 Å². The fourth-order valence-electron chi connectivity index (χ4n) is 4.69. The molecule has 222 valence electrons. The molecule has 0 unspecified atom stereocenters. The zero-order valence-corrected chi connectivity index (χ0v) is 25.5. The molecule has 0 fully saturated rings. The highest BCUT2D eigenvalue weighted by molar-refractivity contribution is 7.92. The van der Waals surface area contributed by atoms with Gasteiger partial charge in [0.2, 0.25) is 0 Å². The number of nitrogens with zero attached hydrogens (tertiary/aromatic N) is 2. The average Bonchev–Trinajstić information content (AvgIpc) is 3.37. The molecule has 0 saturated carbocycles. The number of sulfonamides is 1. The highest BCUT2D eigenvalue weighted by Crippen LogP contribution is 2.36. The van der Waals surface area contributed by atoms with Gasteiger partial charge in [0, 0.05) is 28.8 Å². The van der Waals surface area contributed by atoms with Gasteiger partial charge in [0.25, 0.3) is 10.0 Å². The molecule has 0 bridgehead atoms. The Kier molecular flexibility index (Phi) is 9.33. The number of carbonyl (C=O) groups excluding carboxylic acids is 1. The summed E-state index contributed by atoms with van der Waals surface area (Å²) in [6, 6.07) is 27.4. The number of hydrogen-bond acceptors (Lipinski definition) is 6. The van der Waals surface area contributed by atoms with Gasteiger partial charge in [-0.3, -0.25) is 14.1 Å². The molecule has 5 aromatic rings. The van der Waals surface area contributed by atoms with Gasteiger partial charge >= 0.3 is 5.97 Å². The van der Waals surface area contributed by atoms with Crippen LogP contribution < -0.4 is 9.46 Å². The summed E-state index contributed by atoms with van der Waals surface area (Å²) in [5.41, 5.74) is 4.58. The number of anilines is 1. The van der Waals surface area contributed by atoms with Crippen molar-refractivity contribution in [2.24, 2.45) is 0 Å². The van der Waals surface area contributed by atoms with Crippen molar-refractivity contribution >= 4 is 44.3 Å². The fourth-order valence-corrected chi connectivity index (χ4v) is 5.88. The molecular weight excluding hydrogens is 586 g/mol. The first kappa shape index (κ1) is 30.1. The molecule has 4 aromatic carbocycles. The number of aryl methyl sites for hydroxylation is 1. The van der Waals surface area contributed by atoms with Crippen LogP contribution in [0.15, 0.2) is 95.9 Å². The monoisotopic (exact) mass is 617 g/mol. The number of halogens is 1. The number of unbranched alkanes of at least 4 members (excludes halogenated alkanes) is 2. The molecule has 43 heavy (non-hydrogen) atoms. The van der Waals surface area contributed by atoms with Crippen molar-refractivity contribution in [3.05, 3.63) is 102 Å². The van der Waals surface area contributed by atoms with Gasteiger partial charge in [-0.05, 0) is 68.7 Å². The zero-order chi connectivity index (χ0) is 30.4. The van der Waals surface area contributed by atoms with Crippen LogP contribution in [0.3, 0.4) is 0 Å². The number of methoxy groups -OCH3 is 1. The van der Waals surface area contributed by atoms with Crippen molar-refractivity contribution in [1.82, 2.24) is 9.55 Å². The summed E-state index contributed by atoms with van der Waals surface area (Å²) in [5.74, 6) is 0.834. The molecule has 0 spiro atoms. The quantitative estimate of drug-likeness (QED) is 0.114. The molecule has 1 N–H and O–H groups in total. The van der Waals surface area contributed by atoms with Gasteiger partial charge in [-0.1, -0.05) is 59.6 Å². The van der Waals surface area contributed by atoms with E-state index in [9.17, 15) is 13.2 Å². The molecule has 0 aliphatic heterocycles. The van der Waals surface area contributed by atoms with Crippen molar-refractivity contribution in [1.29, 1.82) is 0 Å². The van der Waals surface area contributed by atoms with E-state index in [0.29, 0.717) is 48.0 Å². The Bertz CT molecular complexity index is 1820. The van der Waals surface area contributed by atoms with Crippen LogP contribution in [0.1, 0.15) is 31.2 Å². The first-order chi connectivity index (χ1) is 20.7. The summed E-state index contributed by atoms with van der Waals surface area (Å²) in [5, 5.41) is 0.437. The van der Waals surface area contributed by atoms with E-state index in [1.165, 1.54) is 31.4 Å². The summed E-state index contributed by atoms with van der Waals surface area (Å²) < 4.78 is 42.4. The molecule has 0 atom stereocenters. The standard InChI is InChI=1S/C33H32ClN3O5S/c1-23-12-16-26(17-13-23)37-30-22-31(42-20-8-4-7-11-32(38)41-2)29(36-43(39,40)27-18-14-25(34)15-19-27)21-28(30)35-33(37)24-9-5-3-6-10-24/h3,5-6,9-10,12-19,21-22,36H,4,7-8,11,20H2,1-2H3. The molecule has 5 rings (SSSR count). The lowest BCUT2D eigenvalue weighted by Gasteiger charge is -2.15. The van der Waals surface area contributed by atoms with Crippen molar-refractivity contribution in [3.8, 4) is 22.8 Å². The van der Waals surface area contributed by atoms with E-state index >= 15 is 0 Å². The second-order valence-electron chi connectivity index (χ2n) is 10.1. The zero-order valence-electron chi connectivity index (χ0n) is 23.9. The van der Waals surface area contributed by atoms with E-state index in [0.717, 1.165) is 28.8 Å². The lowest BCUT2D eigenvalue weighted by molar-refractivity contribution is -0.140. The lowest BCUT2D eigenvalue weighted by atomic mass is 10.2. The van der Waals surface area contributed by atoms with Crippen LogP contribution in [0.4, 0.5) is 5.69 Å². The second kappa shape index (κ2) is 13.3. The van der Waals surface area contributed by atoms with Crippen molar-refractivity contribution in [3.63, 3.8) is 0 Å². The Morgan fingerprint density at radius 2 is 1.65 bits per heavy atom. The third kappa shape index (κ3) is 7.18. The van der Waals surface area contributed by atoms with E-state index in [1.54, 1.807) is 6.07 Å². The van der Waals surface area contributed by atoms with Crippen molar-refractivity contribution < 1.29 is 22.7 Å². The average molecular weight is 618 g/mol.